The van der Waals surface area contributed by atoms with Crippen LogP contribution in [-0.2, 0) is 4.74 Å². The molecule has 112 valence electrons. The molecule has 0 fully saturated rings. The fraction of sp³-hybridized carbons (Fsp3) is 0.312. The molecule has 0 amide bonds. The highest BCUT2D eigenvalue weighted by atomic mass is 16.7. The normalized spacial score (nSPS) is 10.2. The summed E-state index contributed by atoms with van der Waals surface area (Å²) in [4.78, 5) is 11.5. The van der Waals surface area contributed by atoms with E-state index in [-0.39, 0.29) is 0 Å². The summed E-state index contributed by atoms with van der Waals surface area (Å²) in [6, 6.07) is 9.23. The molecular formula is C16H18O5. The lowest BCUT2D eigenvalue weighted by Crippen LogP contribution is -2.09. The summed E-state index contributed by atoms with van der Waals surface area (Å²) < 4.78 is 21.0. The van der Waals surface area contributed by atoms with E-state index in [1.54, 1.807) is 6.07 Å². The maximum absolute atomic E-state index is 11.5. The van der Waals surface area contributed by atoms with Gasteiger partial charge in [0.1, 0.15) is 5.75 Å². The Morgan fingerprint density at radius 3 is 2.24 bits per heavy atom. The molecule has 2 aromatic carbocycles. The molecule has 0 bridgehead atoms. The summed E-state index contributed by atoms with van der Waals surface area (Å²) in [5.74, 6) is 1.47. The Morgan fingerprint density at radius 2 is 1.62 bits per heavy atom. The second-order valence-corrected chi connectivity index (χ2v) is 4.17. The Kier molecular flexibility index (Phi) is 4.87. The fourth-order valence-corrected chi connectivity index (χ4v) is 2.06. The summed E-state index contributed by atoms with van der Waals surface area (Å²) in [6.07, 6.45) is -0.787. The molecule has 0 aliphatic carbocycles. The first-order chi connectivity index (χ1) is 10.2. The molecule has 0 spiro atoms. The van der Waals surface area contributed by atoms with Crippen LogP contribution < -0.4 is 14.2 Å². The van der Waals surface area contributed by atoms with E-state index in [2.05, 4.69) is 4.74 Å². The van der Waals surface area contributed by atoms with Gasteiger partial charge in [-0.25, -0.2) is 4.79 Å². The third-order valence-corrected chi connectivity index (χ3v) is 2.87. The number of carbonyl (C=O) groups excluding carboxylic acids is 1. The number of rotatable bonds is 5. The largest absolute Gasteiger partial charge is 0.513 e. The fourth-order valence-electron chi connectivity index (χ4n) is 2.06. The number of benzene rings is 2. The molecule has 0 aliphatic heterocycles. The first-order valence-corrected chi connectivity index (χ1v) is 6.78. The molecule has 0 heterocycles. The number of fused-ring (bicyclic) bond motifs is 1. The molecule has 0 aliphatic rings. The number of methoxy groups -OCH3 is 1. The second kappa shape index (κ2) is 6.83. The Bertz CT molecular complexity index is 636. The van der Waals surface area contributed by atoms with Gasteiger partial charge >= 0.3 is 6.16 Å². The van der Waals surface area contributed by atoms with E-state index in [4.69, 9.17) is 14.2 Å². The first kappa shape index (κ1) is 15.0. The summed E-state index contributed by atoms with van der Waals surface area (Å²) in [5.41, 5.74) is 0. The predicted octanol–water partition coefficient (Wildman–Crippen LogP) is 3.78. The minimum atomic E-state index is -0.787. The second-order valence-electron chi connectivity index (χ2n) is 4.17. The Morgan fingerprint density at radius 1 is 1.00 bits per heavy atom. The smallest absolute Gasteiger partial charge is 0.493 e. The van der Waals surface area contributed by atoms with E-state index in [9.17, 15) is 4.79 Å². The van der Waals surface area contributed by atoms with Crippen LogP contribution in [0.4, 0.5) is 4.79 Å². The topological polar surface area (TPSA) is 54.0 Å². The van der Waals surface area contributed by atoms with Crippen LogP contribution in [0.15, 0.2) is 30.3 Å². The van der Waals surface area contributed by atoms with E-state index >= 15 is 0 Å². The van der Waals surface area contributed by atoms with Crippen molar-refractivity contribution >= 4 is 16.9 Å². The molecule has 2 rings (SSSR count). The third kappa shape index (κ3) is 3.18. The van der Waals surface area contributed by atoms with E-state index < -0.39 is 6.16 Å². The van der Waals surface area contributed by atoms with E-state index in [1.165, 1.54) is 7.11 Å². The van der Waals surface area contributed by atoms with Crippen LogP contribution >= 0.6 is 0 Å². The van der Waals surface area contributed by atoms with E-state index in [1.807, 2.05) is 38.1 Å². The maximum atomic E-state index is 11.5. The lowest BCUT2D eigenvalue weighted by molar-refractivity contribution is 0.120. The zero-order chi connectivity index (χ0) is 15.2. The lowest BCUT2D eigenvalue weighted by atomic mass is 10.1. The van der Waals surface area contributed by atoms with Crippen molar-refractivity contribution in [1.29, 1.82) is 0 Å². The molecular weight excluding hydrogens is 272 g/mol. The molecule has 5 heteroatoms. The van der Waals surface area contributed by atoms with Crippen molar-refractivity contribution in [3.63, 3.8) is 0 Å². The third-order valence-electron chi connectivity index (χ3n) is 2.87. The van der Waals surface area contributed by atoms with Gasteiger partial charge in [-0.15, -0.1) is 0 Å². The molecule has 5 nitrogen and oxygen atoms in total. The van der Waals surface area contributed by atoms with Gasteiger partial charge in [0, 0.05) is 16.8 Å². The summed E-state index contributed by atoms with van der Waals surface area (Å²) in [5, 5.41) is 1.58. The lowest BCUT2D eigenvalue weighted by Gasteiger charge is -2.16. The molecule has 0 unspecified atom stereocenters. The Balaban J connectivity index is 2.64. The van der Waals surface area contributed by atoms with Crippen LogP contribution in [-0.4, -0.2) is 26.5 Å². The highest BCUT2D eigenvalue weighted by molar-refractivity contribution is 5.96. The molecule has 21 heavy (non-hydrogen) atoms. The van der Waals surface area contributed by atoms with Gasteiger partial charge < -0.3 is 18.9 Å². The van der Waals surface area contributed by atoms with Crippen LogP contribution in [0.3, 0.4) is 0 Å². The first-order valence-electron chi connectivity index (χ1n) is 6.78. The molecule has 0 atom stereocenters. The summed E-state index contributed by atoms with van der Waals surface area (Å²) >= 11 is 0. The highest BCUT2D eigenvalue weighted by Crippen LogP contribution is 2.41. The van der Waals surface area contributed by atoms with Gasteiger partial charge in [0.2, 0.25) is 0 Å². The summed E-state index contributed by atoms with van der Waals surface area (Å²) in [7, 11) is 1.26. The quantitative estimate of drug-likeness (QED) is 0.619. The van der Waals surface area contributed by atoms with Crippen molar-refractivity contribution in [2.75, 3.05) is 20.3 Å². The van der Waals surface area contributed by atoms with Gasteiger partial charge in [0.15, 0.2) is 11.5 Å². The maximum Gasteiger partial charge on any atom is 0.513 e. The van der Waals surface area contributed by atoms with Gasteiger partial charge in [-0.05, 0) is 13.8 Å². The zero-order valence-corrected chi connectivity index (χ0v) is 12.3. The monoisotopic (exact) mass is 290 g/mol. The Hall–Kier alpha value is -2.43. The highest BCUT2D eigenvalue weighted by Gasteiger charge is 2.18. The van der Waals surface area contributed by atoms with E-state index in [0.29, 0.717) is 30.5 Å². The number of carbonyl (C=O) groups is 1. The van der Waals surface area contributed by atoms with Gasteiger partial charge in [-0.1, -0.05) is 24.3 Å². The van der Waals surface area contributed by atoms with Crippen LogP contribution in [0.5, 0.6) is 17.2 Å². The molecule has 0 saturated carbocycles. The van der Waals surface area contributed by atoms with Crippen molar-refractivity contribution in [2.24, 2.45) is 0 Å². The molecule has 0 aromatic heterocycles. The van der Waals surface area contributed by atoms with E-state index in [0.717, 1.165) is 10.8 Å². The SMILES string of the molecule is CCOc1cc(OCC)c2ccccc2c1OC(=O)OC. The van der Waals surface area contributed by atoms with Crippen molar-refractivity contribution in [2.45, 2.75) is 13.8 Å². The van der Waals surface area contributed by atoms with Crippen LogP contribution in [0.1, 0.15) is 13.8 Å². The number of hydrogen-bond acceptors (Lipinski definition) is 5. The van der Waals surface area contributed by atoms with Crippen molar-refractivity contribution < 1.29 is 23.7 Å². The number of hydrogen-bond donors (Lipinski definition) is 0. The predicted molar refractivity (Wildman–Crippen MR) is 79.3 cm³/mol. The zero-order valence-electron chi connectivity index (χ0n) is 12.3. The minimum Gasteiger partial charge on any atom is -0.493 e. The molecule has 0 radical (unpaired) electrons. The van der Waals surface area contributed by atoms with Crippen LogP contribution in [0.2, 0.25) is 0 Å². The molecule has 2 aromatic rings. The van der Waals surface area contributed by atoms with Crippen LogP contribution in [0, 0.1) is 0 Å². The minimum absolute atomic E-state index is 0.336. The summed E-state index contributed by atoms with van der Waals surface area (Å²) in [6.45, 7) is 4.75. The Labute approximate surface area is 123 Å². The van der Waals surface area contributed by atoms with Crippen molar-refractivity contribution in [3.05, 3.63) is 30.3 Å². The van der Waals surface area contributed by atoms with Gasteiger partial charge in [-0.2, -0.15) is 0 Å². The van der Waals surface area contributed by atoms with Crippen molar-refractivity contribution in [3.8, 4) is 17.2 Å². The van der Waals surface area contributed by atoms with Crippen LogP contribution in [0.25, 0.3) is 10.8 Å². The standard InChI is InChI=1S/C16H18O5/c1-4-19-13-10-14(20-5-2)15(21-16(17)18-3)12-9-7-6-8-11(12)13/h6-10H,4-5H2,1-3H3. The average Bonchev–Trinajstić information content (AvgIpc) is 2.51. The van der Waals surface area contributed by atoms with Gasteiger partial charge in [-0.3, -0.25) is 0 Å². The van der Waals surface area contributed by atoms with Crippen molar-refractivity contribution in [1.82, 2.24) is 0 Å². The molecule has 0 N–H and O–H groups in total. The average molecular weight is 290 g/mol. The number of ether oxygens (including phenoxy) is 4. The molecule has 0 saturated heterocycles. The van der Waals surface area contributed by atoms with Gasteiger partial charge in [0.25, 0.3) is 0 Å². The van der Waals surface area contributed by atoms with Gasteiger partial charge in [0.05, 0.1) is 20.3 Å².